The maximum Gasteiger partial charge on any atom is 0.291 e. The fourth-order valence-corrected chi connectivity index (χ4v) is 4.53. The summed E-state index contributed by atoms with van der Waals surface area (Å²) in [6.45, 7) is 0.402. The first kappa shape index (κ1) is 16.6. The Hall–Kier alpha value is -2.85. The molecular weight excluding hydrogens is 370 g/mol. The Balaban J connectivity index is 1.80. The summed E-state index contributed by atoms with van der Waals surface area (Å²) in [6, 6.07) is 0. The second-order valence-electron chi connectivity index (χ2n) is 5.72. The average Bonchev–Trinajstić information content (AvgIpc) is 3.30. The van der Waals surface area contributed by atoms with Crippen molar-refractivity contribution < 1.29 is 0 Å². The first-order valence-corrected chi connectivity index (χ1v) is 9.45. The van der Waals surface area contributed by atoms with Crippen LogP contribution in [0.25, 0.3) is 21.3 Å². The highest BCUT2D eigenvalue weighted by Crippen LogP contribution is 2.31. The van der Waals surface area contributed by atoms with Crippen LogP contribution in [0.5, 0.6) is 0 Å². The summed E-state index contributed by atoms with van der Waals surface area (Å²) in [5, 5.41) is 13.8. The molecule has 0 radical (unpaired) electrons. The topological polar surface area (TPSA) is 115 Å². The van der Waals surface area contributed by atoms with Gasteiger partial charge in [0, 0.05) is 35.6 Å². The van der Waals surface area contributed by atoms with Crippen LogP contribution in [0, 0.1) is 5.41 Å². The molecule has 0 saturated heterocycles. The molecule has 0 bridgehead atoms. The van der Waals surface area contributed by atoms with Gasteiger partial charge >= 0.3 is 0 Å². The molecule has 0 saturated carbocycles. The summed E-state index contributed by atoms with van der Waals surface area (Å²) in [7, 11) is 1.83. The molecule has 132 valence electrons. The Morgan fingerprint density at radius 1 is 1.42 bits per heavy atom. The third-order valence-corrected chi connectivity index (χ3v) is 5.84. The van der Waals surface area contributed by atoms with Crippen molar-refractivity contribution in [2.45, 2.75) is 13.0 Å². The molecule has 0 aliphatic carbocycles. The number of allylic oxidation sites excluding steroid dienone is 1. The van der Waals surface area contributed by atoms with Crippen molar-refractivity contribution in [2.24, 2.45) is 12.8 Å². The third-order valence-electron chi connectivity index (χ3n) is 4.00. The molecule has 4 aromatic heterocycles. The van der Waals surface area contributed by atoms with E-state index in [9.17, 15) is 4.79 Å². The summed E-state index contributed by atoms with van der Waals surface area (Å²) in [5.74, 6) is 0. The zero-order valence-electron chi connectivity index (χ0n) is 13.8. The fraction of sp³-hybridized carbons (Fsp3) is 0.188. The van der Waals surface area contributed by atoms with Crippen molar-refractivity contribution in [3.05, 3.63) is 50.4 Å². The Labute approximate surface area is 155 Å². The summed E-state index contributed by atoms with van der Waals surface area (Å²) in [5.41, 5.74) is 8.62. The Morgan fingerprint density at radius 3 is 3.00 bits per heavy atom. The molecule has 8 nitrogen and oxygen atoms in total. The van der Waals surface area contributed by atoms with Crippen LogP contribution >= 0.6 is 22.7 Å². The number of rotatable bonds is 5. The molecule has 0 atom stereocenters. The smallest absolute Gasteiger partial charge is 0.291 e. The van der Waals surface area contributed by atoms with E-state index in [1.165, 1.54) is 33.6 Å². The lowest BCUT2D eigenvalue weighted by Gasteiger charge is -2.03. The SMILES string of the molecule is Cn1c2nc(CC(=N)/C=C\N)sc2c2cnn(Cc3cncs3)c(=O)c21. The molecule has 0 aliphatic heterocycles. The maximum absolute atomic E-state index is 12.9. The molecule has 0 aromatic carbocycles. The molecule has 0 spiro atoms. The van der Waals surface area contributed by atoms with Crippen LogP contribution in [0.4, 0.5) is 0 Å². The van der Waals surface area contributed by atoms with E-state index in [0.717, 1.165) is 25.6 Å². The number of hydrogen-bond donors (Lipinski definition) is 2. The van der Waals surface area contributed by atoms with Crippen molar-refractivity contribution in [3.63, 3.8) is 0 Å². The number of fused-ring (bicyclic) bond motifs is 3. The normalized spacial score (nSPS) is 11.9. The zero-order chi connectivity index (χ0) is 18.3. The number of nitrogens with zero attached hydrogens (tertiary/aromatic N) is 5. The number of aryl methyl sites for hydroxylation is 1. The predicted molar refractivity (Wildman–Crippen MR) is 104 cm³/mol. The number of nitrogens with two attached hydrogens (primary N) is 1. The van der Waals surface area contributed by atoms with Crippen LogP contribution < -0.4 is 11.3 Å². The molecule has 0 amide bonds. The molecule has 4 aromatic rings. The van der Waals surface area contributed by atoms with Gasteiger partial charge in [0.25, 0.3) is 5.56 Å². The minimum atomic E-state index is -0.149. The predicted octanol–water partition coefficient (Wildman–Crippen LogP) is 1.88. The fourth-order valence-electron chi connectivity index (χ4n) is 2.83. The largest absolute Gasteiger partial charge is 0.405 e. The minimum Gasteiger partial charge on any atom is -0.405 e. The molecule has 10 heteroatoms. The molecule has 0 aliphatic rings. The second-order valence-corrected chi connectivity index (χ2v) is 7.77. The molecule has 4 heterocycles. The van der Waals surface area contributed by atoms with E-state index in [2.05, 4.69) is 15.1 Å². The van der Waals surface area contributed by atoms with E-state index < -0.39 is 0 Å². The highest BCUT2D eigenvalue weighted by Gasteiger charge is 2.18. The standard InChI is InChI=1S/C16H15N7OS2/c1-22-13-11(6-20-23(16(13)24)7-10-5-19-8-25-10)14-15(22)21-12(26-14)4-9(18)2-3-17/h2-3,5-6,8,18H,4,7,17H2,1H3/b3-2-,18-9?. The van der Waals surface area contributed by atoms with Gasteiger partial charge in [0.15, 0.2) is 5.65 Å². The minimum absolute atomic E-state index is 0.149. The van der Waals surface area contributed by atoms with Gasteiger partial charge in [-0.15, -0.1) is 22.7 Å². The van der Waals surface area contributed by atoms with E-state index in [1.54, 1.807) is 28.5 Å². The highest BCUT2D eigenvalue weighted by molar-refractivity contribution is 7.19. The molecule has 4 rings (SSSR count). The number of nitrogens with one attached hydrogen (secondary N) is 1. The van der Waals surface area contributed by atoms with Crippen molar-refractivity contribution in [2.75, 3.05) is 0 Å². The third kappa shape index (κ3) is 2.72. The van der Waals surface area contributed by atoms with Crippen LogP contribution in [0.2, 0.25) is 0 Å². The molecule has 3 N–H and O–H groups in total. The number of thiazole rings is 2. The van der Waals surface area contributed by atoms with Gasteiger partial charge in [-0.3, -0.25) is 9.78 Å². The van der Waals surface area contributed by atoms with Gasteiger partial charge in [-0.25, -0.2) is 9.67 Å². The Morgan fingerprint density at radius 2 is 2.27 bits per heavy atom. The van der Waals surface area contributed by atoms with Crippen molar-refractivity contribution >= 4 is 49.6 Å². The van der Waals surface area contributed by atoms with E-state index in [4.69, 9.17) is 11.1 Å². The van der Waals surface area contributed by atoms with E-state index in [-0.39, 0.29) is 5.56 Å². The lowest BCUT2D eigenvalue weighted by Crippen LogP contribution is -2.24. The monoisotopic (exact) mass is 385 g/mol. The van der Waals surface area contributed by atoms with Crippen LogP contribution in [0.15, 0.2) is 35.0 Å². The summed E-state index contributed by atoms with van der Waals surface area (Å²) in [6.07, 6.45) is 6.76. The van der Waals surface area contributed by atoms with Gasteiger partial charge < -0.3 is 15.7 Å². The van der Waals surface area contributed by atoms with Crippen molar-refractivity contribution in [1.82, 2.24) is 24.3 Å². The molecule has 0 unspecified atom stereocenters. The van der Waals surface area contributed by atoms with Gasteiger partial charge in [0.1, 0.15) is 10.5 Å². The Bertz CT molecular complexity index is 1200. The summed E-state index contributed by atoms with van der Waals surface area (Å²) < 4.78 is 4.17. The number of hydrogen-bond acceptors (Lipinski definition) is 8. The van der Waals surface area contributed by atoms with Crippen LogP contribution in [-0.2, 0) is 20.0 Å². The van der Waals surface area contributed by atoms with Gasteiger partial charge in [-0.2, -0.15) is 5.10 Å². The zero-order valence-corrected chi connectivity index (χ0v) is 15.5. The van der Waals surface area contributed by atoms with Crippen LogP contribution in [-0.4, -0.2) is 30.0 Å². The molecule has 0 fully saturated rings. The van der Waals surface area contributed by atoms with Crippen LogP contribution in [0.3, 0.4) is 0 Å². The summed E-state index contributed by atoms with van der Waals surface area (Å²) in [4.78, 5) is 22.5. The van der Waals surface area contributed by atoms with E-state index in [0.29, 0.717) is 24.2 Å². The molecular formula is C16H15N7OS2. The lowest BCUT2D eigenvalue weighted by atomic mass is 10.3. The Kier molecular flexibility index (Phi) is 4.13. The second kappa shape index (κ2) is 6.46. The number of aromatic nitrogens is 5. The average molecular weight is 385 g/mol. The quantitative estimate of drug-likeness (QED) is 0.509. The van der Waals surface area contributed by atoms with Crippen LogP contribution in [0.1, 0.15) is 9.88 Å². The maximum atomic E-state index is 12.9. The van der Waals surface area contributed by atoms with Gasteiger partial charge in [-0.05, 0) is 12.3 Å². The molecule has 26 heavy (non-hydrogen) atoms. The van der Waals surface area contributed by atoms with Gasteiger partial charge in [0.05, 0.1) is 23.0 Å². The van der Waals surface area contributed by atoms with E-state index in [1.807, 2.05) is 7.05 Å². The van der Waals surface area contributed by atoms with Crippen molar-refractivity contribution in [1.29, 1.82) is 5.41 Å². The van der Waals surface area contributed by atoms with E-state index >= 15 is 0 Å². The van der Waals surface area contributed by atoms with Gasteiger partial charge in [0.2, 0.25) is 0 Å². The summed E-state index contributed by atoms with van der Waals surface area (Å²) >= 11 is 2.97. The first-order chi connectivity index (χ1) is 12.6. The highest BCUT2D eigenvalue weighted by atomic mass is 32.1. The van der Waals surface area contributed by atoms with Gasteiger partial charge in [-0.1, -0.05) is 0 Å². The first-order valence-electron chi connectivity index (χ1n) is 7.75. The van der Waals surface area contributed by atoms with Crippen molar-refractivity contribution in [3.8, 4) is 0 Å². The lowest BCUT2D eigenvalue weighted by molar-refractivity contribution is 0.650.